The van der Waals surface area contributed by atoms with E-state index >= 15 is 0 Å². The van der Waals surface area contributed by atoms with Gasteiger partial charge >= 0.3 is 0 Å². The quantitative estimate of drug-likeness (QED) is 0.738. The molecule has 0 atom stereocenters. The third kappa shape index (κ3) is 5.52. The molecule has 2 N–H and O–H groups in total. The van der Waals surface area contributed by atoms with Crippen molar-refractivity contribution in [3.8, 4) is 5.75 Å². The molecule has 21 heavy (non-hydrogen) atoms. The zero-order valence-electron chi connectivity index (χ0n) is 12.6. The number of carbonyl (C=O) groups is 1. The molecular weight excluding hydrogens is 334 g/mol. The van der Waals surface area contributed by atoms with Gasteiger partial charge in [-0.1, -0.05) is 29.8 Å². The largest absolute Gasteiger partial charge is 0.496 e. The van der Waals surface area contributed by atoms with Crippen LogP contribution in [0.25, 0.3) is 6.08 Å². The lowest BCUT2D eigenvalue weighted by atomic mass is 9.98. The van der Waals surface area contributed by atoms with Gasteiger partial charge < -0.3 is 15.2 Å². The van der Waals surface area contributed by atoms with Crippen LogP contribution in [-0.4, -0.2) is 30.3 Å². The fraction of sp³-hybridized carbons (Fsp3) is 0.438. The van der Waals surface area contributed by atoms with Crippen LogP contribution in [0.5, 0.6) is 5.75 Å². The Morgan fingerprint density at radius 2 is 2.10 bits per heavy atom. The van der Waals surface area contributed by atoms with E-state index in [9.17, 15) is 9.90 Å². The summed E-state index contributed by atoms with van der Waals surface area (Å²) in [5, 5.41) is 12.8. The van der Waals surface area contributed by atoms with Crippen molar-refractivity contribution in [2.45, 2.75) is 32.3 Å². The lowest BCUT2D eigenvalue weighted by Crippen LogP contribution is -2.41. The number of ether oxygens (including phenoxy) is 1. The summed E-state index contributed by atoms with van der Waals surface area (Å²) in [6.45, 7) is 4.05. The van der Waals surface area contributed by atoms with Crippen molar-refractivity contribution in [3.63, 3.8) is 0 Å². The smallest absolute Gasteiger partial charge is 0.244 e. The molecule has 1 aromatic carbocycles. The molecule has 0 aliphatic rings. The van der Waals surface area contributed by atoms with Crippen molar-refractivity contribution in [2.24, 2.45) is 0 Å². The Morgan fingerprint density at radius 1 is 1.43 bits per heavy atom. The fourth-order valence-corrected chi connectivity index (χ4v) is 2.19. The molecular formula is C16H22BrNO3. The van der Waals surface area contributed by atoms with Crippen molar-refractivity contribution in [3.05, 3.63) is 34.3 Å². The molecule has 116 valence electrons. The van der Waals surface area contributed by atoms with Crippen molar-refractivity contribution in [1.29, 1.82) is 0 Å². The molecule has 1 amide bonds. The minimum atomic E-state index is -0.836. The number of nitrogens with one attached hydrogen (secondary N) is 1. The van der Waals surface area contributed by atoms with Crippen LogP contribution in [0.1, 0.15) is 32.3 Å². The Hall–Kier alpha value is -1.33. The Morgan fingerprint density at radius 3 is 2.67 bits per heavy atom. The molecule has 0 saturated carbocycles. The first-order valence-electron chi connectivity index (χ1n) is 6.96. The van der Waals surface area contributed by atoms with Crippen molar-refractivity contribution >= 4 is 27.9 Å². The second-order valence-corrected chi connectivity index (χ2v) is 5.78. The minimum absolute atomic E-state index is 0.239. The first kappa shape index (κ1) is 17.7. The van der Waals surface area contributed by atoms with Gasteiger partial charge in [-0.2, -0.15) is 0 Å². The van der Waals surface area contributed by atoms with Crippen molar-refractivity contribution < 1.29 is 14.6 Å². The molecule has 0 aliphatic carbocycles. The highest BCUT2D eigenvalue weighted by Crippen LogP contribution is 2.24. The Labute approximate surface area is 134 Å². The van der Waals surface area contributed by atoms with E-state index in [-0.39, 0.29) is 12.5 Å². The maximum Gasteiger partial charge on any atom is 0.244 e. The normalized spacial score (nSPS) is 11.7. The molecule has 4 nitrogen and oxygen atoms in total. The lowest BCUT2D eigenvalue weighted by molar-refractivity contribution is -0.117. The highest BCUT2D eigenvalue weighted by molar-refractivity contribution is 9.10. The fourth-order valence-electron chi connectivity index (χ4n) is 1.81. The maximum absolute atomic E-state index is 11.8. The standard InChI is InChI=1S/C16H22BrNO3/c1-4-16(20,5-2)11-18-15(19)9-6-12-10-13(17)7-8-14(12)21-3/h6-10,20H,4-5,11H2,1-3H3,(H,18,19). The van der Waals surface area contributed by atoms with Crippen LogP contribution < -0.4 is 10.1 Å². The molecule has 1 rings (SSSR count). The van der Waals surface area contributed by atoms with Gasteiger partial charge in [-0.25, -0.2) is 0 Å². The van der Waals surface area contributed by atoms with E-state index in [0.29, 0.717) is 18.6 Å². The first-order chi connectivity index (χ1) is 9.94. The van der Waals surface area contributed by atoms with Crippen LogP contribution in [0.15, 0.2) is 28.7 Å². The Kier molecular flexibility index (Phi) is 6.92. The van der Waals surface area contributed by atoms with E-state index in [1.807, 2.05) is 32.0 Å². The second-order valence-electron chi connectivity index (χ2n) is 4.87. The van der Waals surface area contributed by atoms with Gasteiger partial charge in [0.15, 0.2) is 0 Å². The molecule has 0 radical (unpaired) electrons. The highest BCUT2D eigenvalue weighted by Gasteiger charge is 2.22. The number of carbonyl (C=O) groups excluding carboxylic acids is 1. The third-order valence-corrected chi connectivity index (χ3v) is 4.01. The van der Waals surface area contributed by atoms with Gasteiger partial charge in [0.2, 0.25) is 5.91 Å². The summed E-state index contributed by atoms with van der Waals surface area (Å²) in [7, 11) is 1.59. The van der Waals surface area contributed by atoms with E-state index in [0.717, 1.165) is 10.0 Å². The summed E-state index contributed by atoms with van der Waals surface area (Å²) >= 11 is 3.38. The zero-order chi connectivity index (χ0) is 15.9. The SMILES string of the molecule is CCC(O)(CC)CNC(=O)C=Cc1cc(Br)ccc1OC. The molecule has 0 fully saturated rings. The van der Waals surface area contributed by atoms with E-state index in [4.69, 9.17) is 4.74 Å². The van der Waals surface area contributed by atoms with E-state index in [1.165, 1.54) is 6.08 Å². The molecule has 0 unspecified atom stereocenters. The average Bonchev–Trinajstić information content (AvgIpc) is 2.50. The molecule has 0 heterocycles. The summed E-state index contributed by atoms with van der Waals surface area (Å²) in [4.78, 5) is 11.8. The predicted octanol–water partition coefficient (Wildman–Crippen LogP) is 3.14. The van der Waals surface area contributed by atoms with Crippen LogP contribution in [0.2, 0.25) is 0 Å². The summed E-state index contributed by atoms with van der Waals surface area (Å²) < 4.78 is 6.15. The Balaban J connectivity index is 2.68. The predicted molar refractivity (Wildman–Crippen MR) is 88.3 cm³/mol. The minimum Gasteiger partial charge on any atom is -0.496 e. The number of amides is 1. The van der Waals surface area contributed by atoms with E-state index in [2.05, 4.69) is 21.2 Å². The average molecular weight is 356 g/mol. The van der Waals surface area contributed by atoms with Crippen LogP contribution in [-0.2, 0) is 4.79 Å². The van der Waals surface area contributed by atoms with Gasteiger partial charge in [0.1, 0.15) is 5.75 Å². The zero-order valence-corrected chi connectivity index (χ0v) is 14.2. The molecule has 5 heteroatoms. The second kappa shape index (κ2) is 8.20. The van der Waals surface area contributed by atoms with Crippen molar-refractivity contribution in [1.82, 2.24) is 5.32 Å². The van der Waals surface area contributed by atoms with Crippen LogP contribution in [0.3, 0.4) is 0 Å². The number of rotatable bonds is 7. The monoisotopic (exact) mass is 355 g/mol. The van der Waals surface area contributed by atoms with Crippen molar-refractivity contribution in [2.75, 3.05) is 13.7 Å². The molecule has 0 bridgehead atoms. The Bertz CT molecular complexity index is 510. The number of methoxy groups -OCH3 is 1. The van der Waals surface area contributed by atoms with Crippen LogP contribution >= 0.6 is 15.9 Å². The summed E-state index contributed by atoms with van der Waals surface area (Å²) in [5.74, 6) is 0.457. The molecule has 1 aromatic rings. The van der Waals surface area contributed by atoms with E-state index in [1.54, 1.807) is 13.2 Å². The van der Waals surface area contributed by atoms with E-state index < -0.39 is 5.60 Å². The van der Waals surface area contributed by atoms with Crippen LogP contribution in [0, 0.1) is 0 Å². The van der Waals surface area contributed by atoms with Gasteiger partial charge in [-0.3, -0.25) is 4.79 Å². The van der Waals surface area contributed by atoms with Crippen LogP contribution in [0.4, 0.5) is 0 Å². The summed E-state index contributed by atoms with van der Waals surface area (Å²) in [6, 6.07) is 5.57. The topological polar surface area (TPSA) is 58.6 Å². The molecule has 0 spiro atoms. The van der Waals surface area contributed by atoms with Gasteiger partial charge in [0.25, 0.3) is 0 Å². The molecule has 0 aliphatic heterocycles. The number of hydrogen-bond acceptors (Lipinski definition) is 3. The molecule has 0 saturated heterocycles. The number of hydrogen-bond donors (Lipinski definition) is 2. The van der Waals surface area contributed by atoms with Gasteiger partial charge in [-0.15, -0.1) is 0 Å². The number of aliphatic hydroxyl groups is 1. The summed E-state index contributed by atoms with van der Waals surface area (Å²) in [6.07, 6.45) is 4.34. The molecule has 0 aromatic heterocycles. The number of benzene rings is 1. The van der Waals surface area contributed by atoms with Gasteiger partial charge in [0.05, 0.1) is 12.7 Å². The lowest BCUT2D eigenvalue weighted by Gasteiger charge is -2.24. The number of halogens is 1. The van der Waals surface area contributed by atoms with Gasteiger partial charge in [0, 0.05) is 22.7 Å². The first-order valence-corrected chi connectivity index (χ1v) is 7.75. The maximum atomic E-state index is 11.8. The van der Waals surface area contributed by atoms with Gasteiger partial charge in [-0.05, 0) is 37.1 Å². The highest BCUT2D eigenvalue weighted by atomic mass is 79.9. The third-order valence-electron chi connectivity index (χ3n) is 3.51. The summed E-state index contributed by atoms with van der Waals surface area (Å²) in [5.41, 5.74) is -0.0278.